The van der Waals surface area contributed by atoms with Gasteiger partial charge in [-0.05, 0) is 31.5 Å². The van der Waals surface area contributed by atoms with Crippen LogP contribution in [0.3, 0.4) is 0 Å². The van der Waals surface area contributed by atoms with Crippen LogP contribution in [0.2, 0.25) is 0 Å². The Morgan fingerprint density at radius 1 is 1.21 bits per heavy atom. The van der Waals surface area contributed by atoms with Crippen molar-refractivity contribution in [3.63, 3.8) is 0 Å². The van der Waals surface area contributed by atoms with Crippen LogP contribution in [-0.2, 0) is 16.4 Å². The molecular formula is C21H26FNO4S. The van der Waals surface area contributed by atoms with Crippen molar-refractivity contribution in [1.82, 2.24) is 4.90 Å². The molecule has 1 heterocycles. The molecule has 0 radical (unpaired) electrons. The summed E-state index contributed by atoms with van der Waals surface area (Å²) >= 11 is 0. The second-order valence-corrected chi connectivity index (χ2v) is 9.58. The first-order valence-corrected chi connectivity index (χ1v) is 11.2. The summed E-state index contributed by atoms with van der Waals surface area (Å²) in [6.45, 7) is 2.51. The summed E-state index contributed by atoms with van der Waals surface area (Å²) in [6.07, 6.45) is -0.334. The fourth-order valence-electron chi connectivity index (χ4n) is 3.40. The molecule has 1 aliphatic heterocycles. The summed E-state index contributed by atoms with van der Waals surface area (Å²) in [5.74, 6) is 0.487. The Hall–Kier alpha value is -1.96. The molecule has 1 fully saturated rings. The van der Waals surface area contributed by atoms with Gasteiger partial charge in [-0.2, -0.15) is 0 Å². The van der Waals surface area contributed by atoms with Crippen LogP contribution in [0.4, 0.5) is 4.39 Å². The van der Waals surface area contributed by atoms with E-state index in [0.29, 0.717) is 17.7 Å². The number of aryl methyl sites for hydroxylation is 1. The van der Waals surface area contributed by atoms with Crippen molar-refractivity contribution in [3.05, 3.63) is 65.5 Å². The maximum absolute atomic E-state index is 14.1. The first-order valence-electron chi connectivity index (χ1n) is 9.38. The van der Waals surface area contributed by atoms with Crippen LogP contribution in [0.1, 0.15) is 17.5 Å². The number of halogens is 1. The molecular weight excluding hydrogens is 381 g/mol. The average Bonchev–Trinajstić information content (AvgIpc) is 3.02. The minimum Gasteiger partial charge on any atom is -0.491 e. The van der Waals surface area contributed by atoms with E-state index >= 15 is 0 Å². The largest absolute Gasteiger partial charge is 0.491 e. The van der Waals surface area contributed by atoms with E-state index in [4.69, 9.17) is 4.74 Å². The second-order valence-electron chi connectivity index (χ2n) is 7.36. The smallest absolute Gasteiger partial charge is 0.151 e. The molecule has 0 spiro atoms. The van der Waals surface area contributed by atoms with E-state index in [-0.39, 0.29) is 43.1 Å². The maximum Gasteiger partial charge on any atom is 0.151 e. The van der Waals surface area contributed by atoms with E-state index in [9.17, 15) is 17.9 Å². The molecule has 0 bridgehead atoms. The minimum absolute atomic E-state index is 0.0347. The van der Waals surface area contributed by atoms with Gasteiger partial charge in [0.25, 0.3) is 0 Å². The Kier molecular flexibility index (Phi) is 6.69. The lowest BCUT2D eigenvalue weighted by Crippen LogP contribution is -2.42. The fourth-order valence-corrected chi connectivity index (χ4v) is 5.16. The number of aliphatic hydroxyl groups excluding tert-OH is 1. The molecule has 152 valence electrons. The number of aliphatic hydroxyl groups is 1. The lowest BCUT2D eigenvalue weighted by Gasteiger charge is -2.30. The molecule has 2 aromatic carbocycles. The number of benzene rings is 2. The Bertz CT molecular complexity index is 886. The van der Waals surface area contributed by atoms with E-state index in [1.807, 2.05) is 36.1 Å². The Labute approximate surface area is 165 Å². The summed E-state index contributed by atoms with van der Waals surface area (Å²) in [6, 6.07) is 13.7. The van der Waals surface area contributed by atoms with Gasteiger partial charge in [0.15, 0.2) is 9.84 Å². The number of ether oxygens (including phenoxy) is 1. The molecule has 1 aliphatic rings. The standard InChI is InChI=1S/C21H26FNO4S/c1-16-6-8-20(9-7-16)27-14-19(24)13-23(18-10-11-28(25,26)15-18)12-17-4-2-3-5-21(17)22/h2-9,18-19,24H,10-15H2,1H3. The zero-order valence-electron chi connectivity index (χ0n) is 15.9. The third-order valence-electron chi connectivity index (χ3n) is 4.96. The van der Waals surface area contributed by atoms with Gasteiger partial charge >= 0.3 is 0 Å². The van der Waals surface area contributed by atoms with Crippen molar-refractivity contribution in [2.45, 2.75) is 32.0 Å². The van der Waals surface area contributed by atoms with Gasteiger partial charge in [0.2, 0.25) is 0 Å². The lowest BCUT2D eigenvalue weighted by molar-refractivity contribution is 0.0520. The second kappa shape index (κ2) is 9.03. The Morgan fingerprint density at radius 2 is 1.93 bits per heavy atom. The first-order chi connectivity index (χ1) is 13.3. The van der Waals surface area contributed by atoms with Crippen molar-refractivity contribution in [2.24, 2.45) is 0 Å². The van der Waals surface area contributed by atoms with Crippen LogP contribution < -0.4 is 4.74 Å². The van der Waals surface area contributed by atoms with E-state index in [1.165, 1.54) is 6.07 Å². The highest BCUT2D eigenvalue weighted by atomic mass is 32.2. The van der Waals surface area contributed by atoms with E-state index in [2.05, 4.69) is 0 Å². The summed E-state index contributed by atoms with van der Waals surface area (Å²) < 4.78 is 43.5. The van der Waals surface area contributed by atoms with Crippen molar-refractivity contribution < 1.29 is 22.7 Å². The van der Waals surface area contributed by atoms with Crippen LogP contribution in [-0.4, -0.2) is 55.2 Å². The van der Waals surface area contributed by atoms with Crippen LogP contribution in [0, 0.1) is 12.7 Å². The van der Waals surface area contributed by atoms with Gasteiger partial charge in [0.1, 0.15) is 24.3 Å². The van der Waals surface area contributed by atoms with Crippen molar-refractivity contribution in [2.75, 3.05) is 24.7 Å². The lowest BCUT2D eigenvalue weighted by atomic mass is 10.1. The van der Waals surface area contributed by atoms with Crippen LogP contribution in [0.15, 0.2) is 48.5 Å². The van der Waals surface area contributed by atoms with Crippen LogP contribution in [0.5, 0.6) is 5.75 Å². The summed E-state index contributed by atoms with van der Waals surface area (Å²) in [7, 11) is -3.09. The molecule has 0 aromatic heterocycles. The number of nitrogens with zero attached hydrogens (tertiary/aromatic N) is 1. The number of sulfone groups is 1. The van der Waals surface area contributed by atoms with E-state index in [1.54, 1.807) is 18.2 Å². The van der Waals surface area contributed by atoms with E-state index < -0.39 is 15.9 Å². The first kappa shape index (κ1) is 20.8. The molecule has 0 saturated carbocycles. The molecule has 5 nitrogen and oxygen atoms in total. The molecule has 0 amide bonds. The van der Waals surface area contributed by atoms with Gasteiger partial charge < -0.3 is 9.84 Å². The zero-order chi connectivity index (χ0) is 20.1. The molecule has 2 atom stereocenters. The molecule has 0 aliphatic carbocycles. The van der Waals surface area contributed by atoms with Gasteiger partial charge in [0, 0.05) is 24.7 Å². The molecule has 28 heavy (non-hydrogen) atoms. The van der Waals surface area contributed by atoms with Crippen molar-refractivity contribution >= 4 is 9.84 Å². The highest BCUT2D eigenvalue weighted by Gasteiger charge is 2.33. The van der Waals surface area contributed by atoms with Gasteiger partial charge in [-0.3, -0.25) is 4.90 Å². The predicted octanol–water partition coefficient (Wildman–Crippen LogP) is 2.56. The summed E-state index contributed by atoms with van der Waals surface area (Å²) in [5.41, 5.74) is 1.60. The summed E-state index contributed by atoms with van der Waals surface area (Å²) in [5, 5.41) is 10.5. The molecule has 2 aromatic rings. The van der Waals surface area contributed by atoms with Gasteiger partial charge in [-0.15, -0.1) is 0 Å². The SMILES string of the molecule is Cc1ccc(OCC(O)CN(Cc2ccccc2F)C2CCS(=O)(=O)C2)cc1. The van der Waals surface area contributed by atoms with Crippen molar-refractivity contribution in [1.29, 1.82) is 0 Å². The fraction of sp³-hybridized carbons (Fsp3) is 0.429. The average molecular weight is 408 g/mol. The number of hydrogen-bond acceptors (Lipinski definition) is 5. The normalized spacial score (nSPS) is 19.6. The number of hydrogen-bond donors (Lipinski definition) is 1. The molecule has 1 N–H and O–H groups in total. The summed E-state index contributed by atoms with van der Waals surface area (Å²) in [4.78, 5) is 1.85. The quantitative estimate of drug-likeness (QED) is 0.729. The molecule has 1 saturated heterocycles. The molecule has 2 unspecified atom stereocenters. The van der Waals surface area contributed by atoms with Gasteiger partial charge in [-0.25, -0.2) is 12.8 Å². The topological polar surface area (TPSA) is 66.8 Å². The number of rotatable bonds is 8. The maximum atomic E-state index is 14.1. The van der Waals surface area contributed by atoms with Gasteiger partial charge in [0.05, 0.1) is 11.5 Å². The zero-order valence-corrected chi connectivity index (χ0v) is 16.7. The predicted molar refractivity (Wildman–Crippen MR) is 107 cm³/mol. The van der Waals surface area contributed by atoms with Crippen molar-refractivity contribution in [3.8, 4) is 5.75 Å². The molecule has 7 heteroatoms. The van der Waals surface area contributed by atoms with E-state index in [0.717, 1.165) is 5.56 Å². The Morgan fingerprint density at radius 3 is 2.57 bits per heavy atom. The van der Waals surface area contributed by atoms with Crippen LogP contribution in [0.25, 0.3) is 0 Å². The Balaban J connectivity index is 1.65. The highest BCUT2D eigenvalue weighted by Crippen LogP contribution is 2.21. The van der Waals surface area contributed by atoms with Crippen LogP contribution >= 0.6 is 0 Å². The molecule has 3 rings (SSSR count). The minimum atomic E-state index is -3.09. The monoisotopic (exact) mass is 407 g/mol. The highest BCUT2D eigenvalue weighted by molar-refractivity contribution is 7.91. The third-order valence-corrected chi connectivity index (χ3v) is 6.72. The van der Waals surface area contributed by atoms with Gasteiger partial charge in [-0.1, -0.05) is 35.9 Å². The third kappa shape index (κ3) is 5.77.